The first-order valence-electron chi connectivity index (χ1n) is 5.59. The fourth-order valence-electron chi connectivity index (χ4n) is 1.71. The molecule has 6 nitrogen and oxygen atoms in total. The molecule has 0 spiro atoms. The largest absolute Gasteiger partial charge is 0.481 e. The van der Waals surface area contributed by atoms with E-state index >= 15 is 0 Å². The number of carboxylic acids is 1. The van der Waals surface area contributed by atoms with Crippen LogP contribution in [0.15, 0.2) is 35.4 Å². The fourth-order valence-corrected chi connectivity index (χ4v) is 1.71. The molecule has 1 aromatic carbocycles. The van der Waals surface area contributed by atoms with Crippen molar-refractivity contribution in [2.24, 2.45) is 11.0 Å². The number of carboxylic acid groups (broad SMARTS) is 1. The second-order valence-electron chi connectivity index (χ2n) is 4.00. The Morgan fingerprint density at radius 3 is 2.56 bits per heavy atom. The molecular weight excluding hydrogens is 234 g/mol. The van der Waals surface area contributed by atoms with Crippen molar-refractivity contribution >= 4 is 5.97 Å². The van der Waals surface area contributed by atoms with Crippen molar-refractivity contribution in [2.75, 3.05) is 6.61 Å². The maximum atomic E-state index is 10.8. The van der Waals surface area contributed by atoms with Gasteiger partial charge in [-0.3, -0.25) is 4.79 Å². The van der Waals surface area contributed by atoms with E-state index in [1.54, 1.807) is 0 Å². The molecule has 0 unspecified atom stereocenters. The van der Waals surface area contributed by atoms with Crippen LogP contribution >= 0.6 is 0 Å². The second-order valence-corrected chi connectivity index (χ2v) is 4.00. The van der Waals surface area contributed by atoms with Gasteiger partial charge in [-0.25, -0.2) is 0 Å². The first-order chi connectivity index (χ1) is 8.67. The summed E-state index contributed by atoms with van der Waals surface area (Å²) in [6, 6.07) is 8.90. The Morgan fingerprint density at radius 1 is 1.39 bits per heavy atom. The minimum Gasteiger partial charge on any atom is -0.481 e. The zero-order valence-corrected chi connectivity index (χ0v) is 9.81. The van der Waals surface area contributed by atoms with Crippen LogP contribution in [-0.2, 0) is 11.2 Å². The van der Waals surface area contributed by atoms with Gasteiger partial charge in [-0.05, 0) is 23.9 Å². The summed E-state index contributed by atoms with van der Waals surface area (Å²) < 4.78 is 0. The number of rotatable bonds is 7. The molecular formula is C12H15N3O3. The lowest BCUT2D eigenvalue weighted by Gasteiger charge is -2.15. The van der Waals surface area contributed by atoms with E-state index in [9.17, 15) is 4.79 Å². The van der Waals surface area contributed by atoms with Crippen LogP contribution in [-0.4, -0.2) is 28.8 Å². The van der Waals surface area contributed by atoms with Gasteiger partial charge in [0, 0.05) is 11.0 Å². The monoisotopic (exact) mass is 249 g/mol. The number of aliphatic carboxylic acids is 1. The van der Waals surface area contributed by atoms with Crippen LogP contribution in [0.5, 0.6) is 0 Å². The Balaban J connectivity index is 2.71. The Labute approximate surface area is 105 Å². The lowest BCUT2D eigenvalue weighted by Crippen LogP contribution is -2.24. The molecule has 0 aliphatic rings. The molecule has 2 atom stereocenters. The first-order valence-corrected chi connectivity index (χ1v) is 5.59. The van der Waals surface area contributed by atoms with Crippen molar-refractivity contribution in [2.45, 2.75) is 18.9 Å². The third kappa shape index (κ3) is 4.45. The molecule has 0 aliphatic carbocycles. The molecule has 0 heterocycles. The lowest BCUT2D eigenvalue weighted by atomic mass is 9.96. The highest BCUT2D eigenvalue weighted by Crippen LogP contribution is 2.15. The van der Waals surface area contributed by atoms with E-state index in [4.69, 9.17) is 15.7 Å². The van der Waals surface area contributed by atoms with Crippen LogP contribution in [0.4, 0.5) is 0 Å². The summed E-state index contributed by atoms with van der Waals surface area (Å²) in [6.07, 6.45) is 0.597. The third-order valence-electron chi connectivity index (χ3n) is 2.66. The summed E-state index contributed by atoms with van der Waals surface area (Å²) in [5, 5.41) is 21.4. The topological polar surface area (TPSA) is 106 Å². The Hall–Kier alpha value is -2.04. The number of nitrogens with zero attached hydrogens (tertiary/aromatic N) is 3. The van der Waals surface area contributed by atoms with Gasteiger partial charge in [0.05, 0.1) is 12.5 Å². The molecule has 18 heavy (non-hydrogen) atoms. The summed E-state index contributed by atoms with van der Waals surface area (Å²) >= 11 is 0. The van der Waals surface area contributed by atoms with Crippen molar-refractivity contribution in [1.29, 1.82) is 0 Å². The van der Waals surface area contributed by atoms with Gasteiger partial charge in [-0.1, -0.05) is 35.4 Å². The van der Waals surface area contributed by atoms with Crippen LogP contribution in [0.3, 0.4) is 0 Å². The van der Waals surface area contributed by atoms with Crippen molar-refractivity contribution in [3.63, 3.8) is 0 Å². The highest BCUT2D eigenvalue weighted by molar-refractivity contribution is 5.70. The molecule has 0 aliphatic heterocycles. The summed E-state index contributed by atoms with van der Waals surface area (Å²) in [5.41, 5.74) is 9.46. The molecule has 0 amide bonds. The van der Waals surface area contributed by atoms with Crippen molar-refractivity contribution in [3.05, 3.63) is 46.3 Å². The van der Waals surface area contributed by atoms with Gasteiger partial charge in [-0.15, -0.1) is 0 Å². The smallest absolute Gasteiger partial charge is 0.308 e. The minimum absolute atomic E-state index is 0.130. The Kier molecular flexibility index (Phi) is 5.70. The minimum atomic E-state index is -1.08. The predicted molar refractivity (Wildman–Crippen MR) is 65.9 cm³/mol. The first kappa shape index (κ1) is 14.0. The molecule has 6 heteroatoms. The normalized spacial score (nSPS) is 13.4. The molecule has 96 valence electrons. The zero-order chi connectivity index (χ0) is 13.4. The standard InChI is InChI=1S/C12H15N3O3/c13-15-14-11(7-10(8-16)12(17)18)6-9-4-2-1-3-5-9/h1-5,10-11,16H,6-8H2,(H,17,18)/t10-,11-/m0/s1. The highest BCUT2D eigenvalue weighted by Gasteiger charge is 2.21. The van der Waals surface area contributed by atoms with Gasteiger partial charge in [0.15, 0.2) is 0 Å². The van der Waals surface area contributed by atoms with E-state index in [2.05, 4.69) is 10.0 Å². The van der Waals surface area contributed by atoms with E-state index in [1.807, 2.05) is 30.3 Å². The van der Waals surface area contributed by atoms with Crippen molar-refractivity contribution in [3.8, 4) is 0 Å². The molecule has 0 saturated heterocycles. The van der Waals surface area contributed by atoms with Gasteiger partial charge in [0.25, 0.3) is 0 Å². The van der Waals surface area contributed by atoms with E-state index < -0.39 is 24.5 Å². The number of hydrogen-bond acceptors (Lipinski definition) is 3. The third-order valence-corrected chi connectivity index (χ3v) is 2.66. The maximum absolute atomic E-state index is 10.8. The zero-order valence-electron chi connectivity index (χ0n) is 9.81. The van der Waals surface area contributed by atoms with E-state index in [-0.39, 0.29) is 6.42 Å². The van der Waals surface area contributed by atoms with Gasteiger partial charge in [-0.2, -0.15) is 0 Å². The molecule has 0 bridgehead atoms. The highest BCUT2D eigenvalue weighted by atomic mass is 16.4. The van der Waals surface area contributed by atoms with Crippen LogP contribution in [0.25, 0.3) is 10.4 Å². The average molecular weight is 249 g/mol. The van der Waals surface area contributed by atoms with E-state index in [1.165, 1.54) is 0 Å². The van der Waals surface area contributed by atoms with E-state index in [0.29, 0.717) is 6.42 Å². The Morgan fingerprint density at radius 2 is 2.06 bits per heavy atom. The number of aliphatic hydroxyl groups excluding tert-OH is 1. The number of aliphatic hydroxyl groups is 1. The number of azide groups is 1. The van der Waals surface area contributed by atoms with Crippen molar-refractivity contribution in [1.82, 2.24) is 0 Å². The second kappa shape index (κ2) is 7.32. The molecule has 1 aromatic rings. The van der Waals surface area contributed by atoms with Gasteiger partial charge < -0.3 is 10.2 Å². The van der Waals surface area contributed by atoms with Gasteiger partial charge in [0.1, 0.15) is 0 Å². The van der Waals surface area contributed by atoms with Crippen LogP contribution in [0.2, 0.25) is 0 Å². The van der Waals surface area contributed by atoms with Gasteiger partial charge >= 0.3 is 5.97 Å². The number of carbonyl (C=O) groups is 1. The van der Waals surface area contributed by atoms with Gasteiger partial charge in [0.2, 0.25) is 0 Å². The predicted octanol–water partition coefficient (Wildman–Crippen LogP) is 1.99. The number of benzene rings is 1. The molecule has 1 rings (SSSR count). The molecule has 0 aromatic heterocycles. The molecule has 0 fully saturated rings. The summed E-state index contributed by atoms with van der Waals surface area (Å²) in [6.45, 7) is -0.457. The van der Waals surface area contributed by atoms with Crippen LogP contribution in [0.1, 0.15) is 12.0 Å². The molecule has 2 N–H and O–H groups in total. The van der Waals surface area contributed by atoms with Crippen LogP contribution in [0, 0.1) is 5.92 Å². The maximum Gasteiger partial charge on any atom is 0.308 e. The molecule has 0 radical (unpaired) electrons. The average Bonchev–Trinajstić information content (AvgIpc) is 2.36. The molecule has 0 saturated carbocycles. The Bertz CT molecular complexity index is 429. The summed E-state index contributed by atoms with van der Waals surface area (Å²) in [7, 11) is 0. The lowest BCUT2D eigenvalue weighted by molar-refractivity contribution is -0.143. The SMILES string of the molecule is [N-]=[N+]=N[C@@H](Cc1ccccc1)C[C@@H](CO)C(=O)O. The van der Waals surface area contributed by atoms with Crippen LogP contribution < -0.4 is 0 Å². The van der Waals surface area contributed by atoms with E-state index in [0.717, 1.165) is 5.56 Å². The fraction of sp³-hybridized carbons (Fsp3) is 0.417. The summed E-state index contributed by atoms with van der Waals surface area (Å²) in [5.74, 6) is -1.98. The van der Waals surface area contributed by atoms with Crippen molar-refractivity contribution < 1.29 is 15.0 Å². The number of hydrogen-bond donors (Lipinski definition) is 2. The summed E-state index contributed by atoms with van der Waals surface area (Å²) in [4.78, 5) is 13.6. The quantitative estimate of drug-likeness (QED) is 0.438.